The number of nitrogens with one attached hydrogen (secondary N) is 1. The van der Waals surface area contributed by atoms with Crippen molar-refractivity contribution >= 4 is 21.9 Å². The third kappa shape index (κ3) is 30.5. The van der Waals surface area contributed by atoms with E-state index < -0.39 is 10.1 Å². The molecule has 0 radical (unpaired) electrons. The summed E-state index contributed by atoms with van der Waals surface area (Å²) in [5.41, 5.74) is 0. The summed E-state index contributed by atoms with van der Waals surface area (Å²) in [7, 11) is -4.19. The summed E-state index contributed by atoms with van der Waals surface area (Å²) < 4.78 is 35.8. The number of carbonyl (C=O) groups excluding carboxylic acids is 1. The van der Waals surface area contributed by atoms with Crippen LogP contribution in [-0.2, 0) is 14.9 Å². The van der Waals surface area contributed by atoms with Crippen LogP contribution in [0.3, 0.4) is 0 Å². The molecule has 7 nitrogen and oxygen atoms in total. The molecule has 8 heteroatoms. The Bertz CT molecular complexity index is 1020. The summed E-state index contributed by atoms with van der Waals surface area (Å²) in [5.74, 6) is 1.09. The average molecular weight is 736 g/mol. The number of nitrogens with zero attached hydrogens (tertiary/aromatic N) is 2. The number of amidine groups is 1. The van der Waals surface area contributed by atoms with E-state index >= 15 is 0 Å². The highest BCUT2D eigenvalue weighted by Crippen LogP contribution is 2.14. The predicted molar refractivity (Wildman–Crippen MR) is 218 cm³/mol. The minimum atomic E-state index is -4.19. The van der Waals surface area contributed by atoms with E-state index in [9.17, 15) is 17.8 Å². The number of rotatable bonds is 37. The highest BCUT2D eigenvalue weighted by atomic mass is 32.2. The van der Waals surface area contributed by atoms with Crippen LogP contribution >= 0.6 is 0 Å². The van der Waals surface area contributed by atoms with Crippen LogP contribution in [0.1, 0.15) is 200 Å². The van der Waals surface area contributed by atoms with Gasteiger partial charge < -0.3 is 9.87 Å². The third-order valence-corrected chi connectivity index (χ3v) is 11.0. The van der Waals surface area contributed by atoms with E-state index in [2.05, 4.69) is 52.9 Å². The van der Waals surface area contributed by atoms with Gasteiger partial charge in [-0.05, 0) is 70.6 Å². The molecule has 0 bridgehead atoms. The summed E-state index contributed by atoms with van der Waals surface area (Å²) >= 11 is 0. The van der Waals surface area contributed by atoms with E-state index in [4.69, 9.17) is 0 Å². The molecule has 0 saturated carbocycles. The molecule has 0 fully saturated rings. The first kappa shape index (κ1) is 47.4. The zero-order valence-electron chi connectivity index (χ0n) is 33.5. The number of hydrogen-bond donors (Lipinski definition) is 1. The number of carbonyl (C=O) groups is 1. The van der Waals surface area contributed by atoms with Gasteiger partial charge in [-0.2, -0.15) is 0 Å². The first-order valence-electron chi connectivity index (χ1n) is 21.7. The average Bonchev–Trinajstić information content (AvgIpc) is 3.48. The lowest BCUT2D eigenvalue weighted by molar-refractivity contribution is -0.519. The van der Waals surface area contributed by atoms with Crippen molar-refractivity contribution in [1.82, 2.24) is 10.2 Å². The van der Waals surface area contributed by atoms with Crippen LogP contribution in [0.4, 0.5) is 0 Å². The summed E-state index contributed by atoms with van der Waals surface area (Å²) in [6.45, 7) is 8.26. The van der Waals surface area contributed by atoms with E-state index in [1.165, 1.54) is 154 Å². The maximum Gasteiger partial charge on any atom is 0.247 e. The van der Waals surface area contributed by atoms with Gasteiger partial charge in [-0.15, -0.1) is 0 Å². The fraction of sp³-hybridized carbons (Fsp3) is 0.860. The molecule has 0 aliphatic carbocycles. The second kappa shape index (κ2) is 34.1. The lowest BCUT2D eigenvalue weighted by Crippen LogP contribution is -2.37. The Morgan fingerprint density at radius 2 is 1.12 bits per heavy atom. The van der Waals surface area contributed by atoms with Gasteiger partial charge in [0, 0.05) is 18.6 Å². The van der Waals surface area contributed by atoms with E-state index in [1.807, 2.05) is 0 Å². The minimum Gasteiger partial charge on any atom is -0.748 e. The molecule has 0 aromatic heterocycles. The van der Waals surface area contributed by atoms with Crippen molar-refractivity contribution in [2.75, 3.05) is 38.5 Å². The van der Waals surface area contributed by atoms with E-state index in [0.29, 0.717) is 25.9 Å². The molecule has 0 aromatic carbocycles. The summed E-state index contributed by atoms with van der Waals surface area (Å²) in [5, 5.41) is 3.13. The molecular weight excluding hydrogens is 655 g/mol. The largest absolute Gasteiger partial charge is 0.748 e. The Hall–Kier alpha value is -1.67. The number of unbranched alkanes of at least 4 members (excludes halogenated alkanes) is 22. The highest BCUT2D eigenvalue weighted by molar-refractivity contribution is 7.85. The third-order valence-electron chi connectivity index (χ3n) is 10.2. The molecule has 1 heterocycles. The zero-order chi connectivity index (χ0) is 37.1. The van der Waals surface area contributed by atoms with Gasteiger partial charge in [0.2, 0.25) is 11.7 Å². The first-order valence-corrected chi connectivity index (χ1v) is 23.3. The van der Waals surface area contributed by atoms with Gasteiger partial charge in [0.15, 0.2) is 0 Å². The van der Waals surface area contributed by atoms with Crippen LogP contribution in [0.2, 0.25) is 0 Å². The molecule has 298 valence electrons. The Morgan fingerprint density at radius 1 is 0.667 bits per heavy atom. The van der Waals surface area contributed by atoms with Crippen LogP contribution in [0.25, 0.3) is 0 Å². The van der Waals surface area contributed by atoms with E-state index in [0.717, 1.165) is 45.3 Å². The monoisotopic (exact) mass is 736 g/mol. The SMILES string of the molecule is CCCCCCCC/C=C\CCCCCCCC(=O)NCCN1CC[N+](CCCS(=O)(=O)[O-])=C1CCCCCCC/C=C\CCCCCCCC. The Balaban J connectivity index is 2.22. The lowest BCUT2D eigenvalue weighted by Gasteiger charge is -2.15. The summed E-state index contributed by atoms with van der Waals surface area (Å²) in [6, 6.07) is 0. The van der Waals surface area contributed by atoms with Crippen molar-refractivity contribution in [3.8, 4) is 0 Å². The second-order valence-electron chi connectivity index (χ2n) is 15.0. The Morgan fingerprint density at radius 3 is 1.61 bits per heavy atom. The van der Waals surface area contributed by atoms with Crippen molar-refractivity contribution in [3.05, 3.63) is 24.3 Å². The number of allylic oxidation sites excluding steroid dienone is 4. The maximum absolute atomic E-state index is 12.5. The van der Waals surface area contributed by atoms with Gasteiger partial charge in [0.1, 0.15) is 19.6 Å². The van der Waals surface area contributed by atoms with Crippen LogP contribution in [0, 0.1) is 0 Å². The van der Waals surface area contributed by atoms with Gasteiger partial charge in [-0.25, -0.2) is 8.42 Å². The number of amides is 1. The van der Waals surface area contributed by atoms with Crippen LogP contribution in [-0.4, -0.2) is 72.7 Å². The summed E-state index contributed by atoms with van der Waals surface area (Å²) in [6.07, 6.45) is 44.3. The molecule has 1 rings (SSSR count). The van der Waals surface area contributed by atoms with Crippen LogP contribution in [0.5, 0.6) is 0 Å². The van der Waals surface area contributed by atoms with Gasteiger partial charge in [0.25, 0.3) is 0 Å². The predicted octanol–water partition coefficient (Wildman–Crippen LogP) is 10.8. The molecule has 1 amide bonds. The number of hydrogen-bond acceptors (Lipinski definition) is 5. The first-order chi connectivity index (χ1) is 24.9. The van der Waals surface area contributed by atoms with E-state index in [1.54, 1.807) is 0 Å². The van der Waals surface area contributed by atoms with Crippen LogP contribution < -0.4 is 5.32 Å². The molecule has 51 heavy (non-hydrogen) atoms. The fourth-order valence-corrected chi connectivity index (χ4v) is 7.54. The molecule has 0 atom stereocenters. The fourth-order valence-electron chi connectivity index (χ4n) is 7.06. The quantitative estimate of drug-likeness (QED) is 0.0297. The lowest BCUT2D eigenvalue weighted by atomic mass is 10.1. The standard InChI is InChI=1S/C43H81N3O4S/c1-3-5-7-9-11-13-15-17-19-21-23-25-27-29-31-34-42(47)44-36-38-46-40-39-45(37-33-41-51(48,49)50)43(46)35-32-30-28-26-24-22-20-18-16-14-12-10-8-6-4-2/h17-20H,3-16,21-41H2,1-2H3,(H-,44,47,48,49,50)/b19-17-,20-18-. The molecular formula is C43H81N3O4S. The van der Waals surface area contributed by atoms with Crippen LogP contribution in [0.15, 0.2) is 24.3 Å². The molecule has 1 N–H and O–H groups in total. The molecule has 0 aromatic rings. The van der Waals surface area contributed by atoms with Crippen molar-refractivity contribution in [2.24, 2.45) is 0 Å². The van der Waals surface area contributed by atoms with Gasteiger partial charge in [-0.3, -0.25) is 14.3 Å². The Labute approximate surface area is 316 Å². The normalized spacial score (nSPS) is 13.8. The zero-order valence-corrected chi connectivity index (χ0v) is 34.3. The van der Waals surface area contributed by atoms with Crippen molar-refractivity contribution in [1.29, 1.82) is 0 Å². The van der Waals surface area contributed by atoms with Crippen molar-refractivity contribution in [3.63, 3.8) is 0 Å². The minimum absolute atomic E-state index is 0.142. The van der Waals surface area contributed by atoms with E-state index in [-0.39, 0.29) is 11.7 Å². The smallest absolute Gasteiger partial charge is 0.247 e. The van der Waals surface area contributed by atoms with Gasteiger partial charge in [0.05, 0.1) is 23.2 Å². The molecule has 0 saturated heterocycles. The molecule has 1 aliphatic rings. The van der Waals surface area contributed by atoms with Gasteiger partial charge >= 0.3 is 0 Å². The second-order valence-corrected chi connectivity index (χ2v) is 16.5. The highest BCUT2D eigenvalue weighted by Gasteiger charge is 2.29. The topological polar surface area (TPSA) is 92.6 Å². The Kier molecular flexibility index (Phi) is 31.7. The molecule has 1 aliphatic heterocycles. The van der Waals surface area contributed by atoms with Crippen molar-refractivity contribution < 1.29 is 22.3 Å². The maximum atomic E-state index is 12.5. The molecule has 0 unspecified atom stereocenters. The van der Waals surface area contributed by atoms with Crippen molar-refractivity contribution in [2.45, 2.75) is 200 Å². The van der Waals surface area contributed by atoms with Gasteiger partial charge in [-0.1, -0.05) is 141 Å². The molecule has 0 spiro atoms. The summed E-state index contributed by atoms with van der Waals surface area (Å²) in [4.78, 5) is 14.9.